The molecule has 2 amide bonds. The van der Waals surface area contributed by atoms with Crippen LogP contribution in [0.3, 0.4) is 0 Å². The summed E-state index contributed by atoms with van der Waals surface area (Å²) in [5, 5.41) is 2.73. The third kappa shape index (κ3) is 4.61. The fourth-order valence-electron chi connectivity index (χ4n) is 5.70. The minimum Gasteiger partial charge on any atom is -0.468 e. The number of amides is 2. The molecule has 3 aromatic carbocycles. The van der Waals surface area contributed by atoms with E-state index in [0.29, 0.717) is 4.90 Å². The quantitative estimate of drug-likeness (QED) is 0.210. The molecular weight excluding hydrogens is 613 g/mol. The number of nitrogens with zero attached hydrogens (tertiary/aromatic N) is 1. The molecule has 0 aliphatic carbocycles. The maximum absolute atomic E-state index is 14.2. The molecule has 3 atom stereocenters. The number of carbonyl (C=O) groups excluding carboxylic acids is 3. The first kappa shape index (κ1) is 29.9. The van der Waals surface area contributed by atoms with Gasteiger partial charge in [-0.2, -0.15) is 26.3 Å². The van der Waals surface area contributed by atoms with Crippen LogP contribution in [-0.2, 0) is 37.0 Å². The van der Waals surface area contributed by atoms with Gasteiger partial charge in [-0.25, -0.2) is 4.90 Å². The number of hydrogen-bond acceptors (Lipinski definition) is 5. The fourth-order valence-corrected chi connectivity index (χ4v) is 6.27. The first-order valence-electron chi connectivity index (χ1n) is 12.2. The number of methoxy groups -OCH3 is 1. The van der Waals surface area contributed by atoms with Crippen molar-refractivity contribution in [3.05, 3.63) is 99.0 Å². The molecule has 3 aromatic rings. The molecule has 220 valence electrons. The predicted molar refractivity (Wildman–Crippen MR) is 139 cm³/mol. The van der Waals surface area contributed by atoms with E-state index in [4.69, 9.17) is 27.9 Å². The average Bonchev–Trinajstić information content (AvgIpc) is 3.42. The van der Waals surface area contributed by atoms with Crippen LogP contribution in [0.4, 0.5) is 32.0 Å². The Balaban J connectivity index is 1.78. The van der Waals surface area contributed by atoms with Gasteiger partial charge in [-0.3, -0.25) is 19.7 Å². The number of carbonyl (C=O) groups is 3. The Morgan fingerprint density at radius 3 is 1.67 bits per heavy atom. The second kappa shape index (κ2) is 10.3. The predicted octanol–water partition coefficient (Wildman–Crippen LogP) is 6.23. The zero-order valence-corrected chi connectivity index (χ0v) is 22.7. The second-order valence-corrected chi connectivity index (χ2v) is 10.5. The Morgan fingerprint density at radius 1 is 0.810 bits per heavy atom. The van der Waals surface area contributed by atoms with Crippen molar-refractivity contribution in [1.29, 1.82) is 0 Å². The molecule has 2 fully saturated rings. The maximum Gasteiger partial charge on any atom is 0.416 e. The van der Waals surface area contributed by atoms with E-state index in [-0.39, 0.29) is 26.9 Å². The lowest BCUT2D eigenvalue weighted by Gasteiger charge is -2.36. The molecule has 6 nitrogen and oxygen atoms in total. The molecule has 0 aromatic heterocycles. The maximum atomic E-state index is 14.2. The van der Waals surface area contributed by atoms with Crippen LogP contribution < -0.4 is 10.2 Å². The summed E-state index contributed by atoms with van der Waals surface area (Å²) in [7, 11) is 1.03. The van der Waals surface area contributed by atoms with Crippen LogP contribution in [0.25, 0.3) is 0 Å². The normalized spacial score (nSPS) is 21.9. The van der Waals surface area contributed by atoms with Gasteiger partial charge in [-0.15, -0.1) is 0 Å². The van der Waals surface area contributed by atoms with Crippen molar-refractivity contribution in [2.75, 3.05) is 12.0 Å². The molecule has 0 unspecified atom stereocenters. The number of ether oxygens (including phenoxy) is 1. The van der Waals surface area contributed by atoms with Crippen LogP contribution in [0, 0.1) is 11.8 Å². The van der Waals surface area contributed by atoms with E-state index >= 15 is 0 Å². The van der Waals surface area contributed by atoms with Crippen LogP contribution in [0.1, 0.15) is 22.3 Å². The molecule has 14 heteroatoms. The van der Waals surface area contributed by atoms with Gasteiger partial charge < -0.3 is 4.74 Å². The number of benzene rings is 3. The van der Waals surface area contributed by atoms with Crippen molar-refractivity contribution in [1.82, 2.24) is 5.32 Å². The topological polar surface area (TPSA) is 75.7 Å². The number of nitrogens with one attached hydrogen (secondary N) is 1. The molecule has 42 heavy (non-hydrogen) atoms. The van der Waals surface area contributed by atoms with Gasteiger partial charge in [0.15, 0.2) is 0 Å². The molecule has 2 aliphatic heterocycles. The third-order valence-electron chi connectivity index (χ3n) is 7.51. The molecule has 2 aliphatic rings. The van der Waals surface area contributed by atoms with E-state index in [9.17, 15) is 40.7 Å². The number of rotatable bonds is 4. The van der Waals surface area contributed by atoms with Gasteiger partial charge in [0.05, 0.1) is 51.3 Å². The van der Waals surface area contributed by atoms with E-state index in [2.05, 4.69) is 5.32 Å². The fraction of sp³-hybridized carbons (Fsp3) is 0.250. The Hall–Kier alpha value is -3.61. The molecular formula is C28H18Cl2F6N2O4. The molecule has 5 rings (SSSR count). The lowest BCUT2D eigenvalue weighted by molar-refractivity contribution is -0.145. The lowest BCUT2D eigenvalue weighted by atomic mass is 9.71. The summed E-state index contributed by atoms with van der Waals surface area (Å²) in [6.45, 7) is 0. The van der Waals surface area contributed by atoms with Crippen LogP contribution >= 0.6 is 23.2 Å². The molecule has 0 saturated carbocycles. The molecule has 2 heterocycles. The van der Waals surface area contributed by atoms with Crippen LogP contribution in [0.2, 0.25) is 10.0 Å². The number of fused-ring (bicyclic) bond motifs is 1. The summed E-state index contributed by atoms with van der Waals surface area (Å²) < 4.78 is 85.4. The van der Waals surface area contributed by atoms with E-state index in [1.54, 1.807) is 0 Å². The molecule has 0 spiro atoms. The van der Waals surface area contributed by atoms with Gasteiger partial charge in [0.25, 0.3) is 0 Å². The standard InChI is InChI=1S/C28H18Cl2F6N2O4/c1-42-25(41)21-19-20(24(40)38(23(19)39)22-17(29)3-2-4-18(22)30)26(37-21,13-5-9-15(10-6-13)27(31,32)33)14-7-11-16(12-8-14)28(34,35)36/h2-12,19-21,37H,1H3/t19-,20+,21-/m1/s1. The monoisotopic (exact) mass is 630 g/mol. The molecule has 2 saturated heterocycles. The summed E-state index contributed by atoms with van der Waals surface area (Å²) in [4.78, 5) is 41.8. The van der Waals surface area contributed by atoms with Crippen molar-refractivity contribution >= 4 is 46.7 Å². The van der Waals surface area contributed by atoms with Crippen LogP contribution in [0.5, 0.6) is 0 Å². The SMILES string of the molecule is COC(=O)[C@@H]1NC(c2ccc(C(F)(F)F)cc2)(c2ccc(C(F)(F)F)cc2)[C@@H]2C(=O)N(c3c(Cl)cccc3Cl)C(=O)[C@H]21. The van der Waals surface area contributed by atoms with Gasteiger partial charge >= 0.3 is 18.3 Å². The summed E-state index contributed by atoms with van der Waals surface area (Å²) in [5.74, 6) is -5.88. The minimum absolute atomic E-state index is 0.0232. The number of para-hydroxylation sites is 1. The number of hydrogen-bond donors (Lipinski definition) is 1. The van der Waals surface area contributed by atoms with E-state index in [0.717, 1.165) is 55.6 Å². The van der Waals surface area contributed by atoms with Crippen molar-refractivity contribution in [3.8, 4) is 0 Å². The highest BCUT2D eigenvalue weighted by Crippen LogP contribution is 2.54. The summed E-state index contributed by atoms with van der Waals surface area (Å²) >= 11 is 12.6. The number of esters is 1. The number of anilines is 1. The largest absolute Gasteiger partial charge is 0.468 e. The first-order valence-corrected chi connectivity index (χ1v) is 12.9. The summed E-state index contributed by atoms with van der Waals surface area (Å²) in [6.07, 6.45) is -9.45. The Kier molecular flexibility index (Phi) is 7.31. The number of alkyl halides is 6. The van der Waals surface area contributed by atoms with Gasteiger partial charge in [-0.05, 0) is 47.5 Å². The summed E-state index contributed by atoms with van der Waals surface area (Å²) in [6, 6.07) is 9.72. The first-order chi connectivity index (χ1) is 19.6. The number of halogens is 8. The minimum atomic E-state index is -4.73. The third-order valence-corrected chi connectivity index (χ3v) is 8.12. The zero-order chi connectivity index (χ0) is 30.8. The summed E-state index contributed by atoms with van der Waals surface area (Å²) in [5.41, 5.74) is -4.26. The molecule has 0 bridgehead atoms. The van der Waals surface area contributed by atoms with Crippen molar-refractivity contribution in [2.24, 2.45) is 11.8 Å². The van der Waals surface area contributed by atoms with Crippen LogP contribution in [0.15, 0.2) is 66.7 Å². The molecule has 1 N–H and O–H groups in total. The highest BCUT2D eigenvalue weighted by molar-refractivity contribution is 6.42. The zero-order valence-electron chi connectivity index (χ0n) is 21.2. The highest BCUT2D eigenvalue weighted by atomic mass is 35.5. The van der Waals surface area contributed by atoms with Gasteiger partial charge in [0, 0.05) is 0 Å². The highest BCUT2D eigenvalue weighted by Gasteiger charge is 2.68. The van der Waals surface area contributed by atoms with Gasteiger partial charge in [-0.1, -0.05) is 53.5 Å². The van der Waals surface area contributed by atoms with E-state index < -0.39 is 64.7 Å². The number of imide groups is 1. The average molecular weight is 631 g/mol. The van der Waals surface area contributed by atoms with Gasteiger partial charge in [0.2, 0.25) is 11.8 Å². The van der Waals surface area contributed by atoms with Crippen molar-refractivity contribution in [2.45, 2.75) is 23.9 Å². The Labute approximate surface area is 244 Å². The van der Waals surface area contributed by atoms with Gasteiger partial charge in [0.1, 0.15) is 6.04 Å². The molecule has 0 radical (unpaired) electrons. The second-order valence-electron chi connectivity index (χ2n) is 9.69. The van der Waals surface area contributed by atoms with Crippen LogP contribution in [-0.4, -0.2) is 30.9 Å². The van der Waals surface area contributed by atoms with Crippen molar-refractivity contribution < 1.29 is 45.5 Å². The van der Waals surface area contributed by atoms with E-state index in [1.807, 2.05) is 0 Å². The Bertz CT molecular complexity index is 1500. The Morgan fingerprint density at radius 2 is 1.26 bits per heavy atom. The van der Waals surface area contributed by atoms with E-state index in [1.165, 1.54) is 18.2 Å². The lowest BCUT2D eigenvalue weighted by Crippen LogP contribution is -2.52. The smallest absolute Gasteiger partial charge is 0.416 e. The van der Waals surface area contributed by atoms with Crippen molar-refractivity contribution in [3.63, 3.8) is 0 Å².